The van der Waals surface area contributed by atoms with E-state index in [1.165, 1.54) is 6.42 Å². The first-order valence-electron chi connectivity index (χ1n) is 7.48. The third-order valence-corrected chi connectivity index (χ3v) is 4.45. The van der Waals surface area contributed by atoms with E-state index < -0.39 is 0 Å². The van der Waals surface area contributed by atoms with Crippen molar-refractivity contribution in [3.63, 3.8) is 0 Å². The number of methoxy groups -OCH3 is 2. The molecular formula is C16H22N2O3. The predicted molar refractivity (Wildman–Crippen MR) is 80.0 cm³/mol. The second kappa shape index (κ2) is 5.93. The van der Waals surface area contributed by atoms with Crippen molar-refractivity contribution in [1.29, 1.82) is 0 Å². The van der Waals surface area contributed by atoms with E-state index in [9.17, 15) is 4.79 Å². The first-order chi connectivity index (χ1) is 10.2. The molecule has 0 aromatic heterocycles. The Morgan fingerprint density at radius 3 is 2.76 bits per heavy atom. The van der Waals surface area contributed by atoms with E-state index in [0.29, 0.717) is 29.1 Å². The molecule has 5 heteroatoms. The summed E-state index contributed by atoms with van der Waals surface area (Å²) in [6.07, 6.45) is 3.42. The third-order valence-electron chi connectivity index (χ3n) is 4.45. The number of carbonyl (C=O) groups excluding carboxylic acids is 1. The third kappa shape index (κ3) is 2.83. The first-order valence-corrected chi connectivity index (χ1v) is 7.48. The molecule has 2 saturated heterocycles. The second-order valence-corrected chi connectivity index (χ2v) is 5.74. The van der Waals surface area contributed by atoms with Crippen LogP contribution in [0.1, 0.15) is 29.6 Å². The van der Waals surface area contributed by atoms with Crippen LogP contribution in [0, 0.1) is 0 Å². The number of rotatable bonds is 3. The number of hydrogen-bond donors (Lipinski definition) is 1. The van der Waals surface area contributed by atoms with Gasteiger partial charge in [0.2, 0.25) is 0 Å². The van der Waals surface area contributed by atoms with Crippen molar-refractivity contribution in [2.75, 3.05) is 27.3 Å². The molecule has 2 unspecified atom stereocenters. The molecule has 3 rings (SSSR count). The zero-order valence-corrected chi connectivity index (χ0v) is 12.6. The number of hydrogen-bond acceptors (Lipinski definition) is 4. The molecule has 1 amide bonds. The molecule has 2 bridgehead atoms. The van der Waals surface area contributed by atoms with Crippen LogP contribution in [0.15, 0.2) is 18.2 Å². The summed E-state index contributed by atoms with van der Waals surface area (Å²) in [7, 11) is 3.19. The van der Waals surface area contributed by atoms with Gasteiger partial charge in [-0.1, -0.05) is 0 Å². The highest BCUT2D eigenvalue weighted by Gasteiger charge is 2.32. The minimum Gasteiger partial charge on any atom is -0.497 e. The molecule has 2 heterocycles. The number of nitrogens with zero attached hydrogens (tertiary/aromatic N) is 1. The Morgan fingerprint density at radius 2 is 2.00 bits per heavy atom. The number of carbonyl (C=O) groups is 1. The van der Waals surface area contributed by atoms with E-state index in [1.54, 1.807) is 32.4 Å². The monoisotopic (exact) mass is 290 g/mol. The molecule has 0 saturated carbocycles. The largest absolute Gasteiger partial charge is 0.497 e. The van der Waals surface area contributed by atoms with Gasteiger partial charge in [0, 0.05) is 31.2 Å². The number of ether oxygens (including phenoxy) is 2. The summed E-state index contributed by atoms with van der Waals surface area (Å²) in [6.45, 7) is 1.59. The van der Waals surface area contributed by atoms with Crippen LogP contribution in [0.3, 0.4) is 0 Å². The highest BCUT2D eigenvalue weighted by atomic mass is 16.5. The Labute approximate surface area is 125 Å². The Kier molecular flexibility index (Phi) is 4.01. The minimum atomic E-state index is 0.0452. The van der Waals surface area contributed by atoms with Crippen LogP contribution in [0.25, 0.3) is 0 Å². The van der Waals surface area contributed by atoms with E-state index in [-0.39, 0.29) is 5.91 Å². The van der Waals surface area contributed by atoms with Crippen LogP contribution in [-0.4, -0.2) is 50.2 Å². The Hall–Kier alpha value is -1.75. The molecule has 2 atom stereocenters. The Balaban J connectivity index is 1.81. The van der Waals surface area contributed by atoms with Crippen LogP contribution in [-0.2, 0) is 0 Å². The standard InChI is InChI=1S/C16H22N2O3/c1-20-13-5-6-14(15(9-13)21-2)16(19)18-8-7-11-3-4-12(10-18)17-11/h5-6,9,11-12,17H,3-4,7-8,10H2,1-2H3. The topological polar surface area (TPSA) is 50.8 Å². The molecule has 0 spiro atoms. The maximum absolute atomic E-state index is 12.8. The van der Waals surface area contributed by atoms with Gasteiger partial charge in [0.1, 0.15) is 11.5 Å². The number of fused-ring (bicyclic) bond motifs is 2. The zero-order valence-electron chi connectivity index (χ0n) is 12.6. The average Bonchev–Trinajstić information content (AvgIpc) is 2.85. The van der Waals surface area contributed by atoms with Crippen LogP contribution in [0.2, 0.25) is 0 Å². The number of amides is 1. The minimum absolute atomic E-state index is 0.0452. The van der Waals surface area contributed by atoms with Gasteiger partial charge in [-0.05, 0) is 31.4 Å². The van der Waals surface area contributed by atoms with Crippen molar-refractivity contribution in [1.82, 2.24) is 10.2 Å². The molecule has 1 N–H and O–H groups in total. The van der Waals surface area contributed by atoms with Gasteiger partial charge in [0.25, 0.3) is 5.91 Å². The molecule has 1 aromatic carbocycles. The molecule has 2 aliphatic heterocycles. The van der Waals surface area contributed by atoms with E-state index in [1.807, 2.05) is 4.90 Å². The fourth-order valence-corrected chi connectivity index (χ4v) is 3.27. The van der Waals surface area contributed by atoms with Crippen LogP contribution in [0.4, 0.5) is 0 Å². The lowest BCUT2D eigenvalue weighted by Crippen LogP contribution is -2.39. The van der Waals surface area contributed by atoms with Crippen LogP contribution < -0.4 is 14.8 Å². The lowest BCUT2D eigenvalue weighted by atomic mass is 10.1. The Morgan fingerprint density at radius 1 is 1.19 bits per heavy atom. The summed E-state index contributed by atoms with van der Waals surface area (Å²) in [5, 5.41) is 3.59. The molecule has 1 aromatic rings. The molecule has 2 aliphatic rings. The molecule has 21 heavy (non-hydrogen) atoms. The summed E-state index contributed by atoms with van der Waals surface area (Å²) in [5.74, 6) is 1.31. The average molecular weight is 290 g/mol. The van der Waals surface area contributed by atoms with E-state index in [2.05, 4.69) is 5.32 Å². The zero-order chi connectivity index (χ0) is 14.8. The predicted octanol–water partition coefficient (Wildman–Crippen LogP) is 1.67. The lowest BCUT2D eigenvalue weighted by molar-refractivity contribution is 0.0744. The summed E-state index contributed by atoms with van der Waals surface area (Å²) in [4.78, 5) is 14.7. The fourth-order valence-electron chi connectivity index (χ4n) is 3.27. The van der Waals surface area contributed by atoms with Crippen LogP contribution in [0.5, 0.6) is 11.5 Å². The van der Waals surface area contributed by atoms with E-state index in [4.69, 9.17) is 9.47 Å². The molecule has 114 valence electrons. The quantitative estimate of drug-likeness (QED) is 0.920. The molecule has 0 radical (unpaired) electrons. The van der Waals surface area contributed by atoms with Crippen molar-refractivity contribution in [3.05, 3.63) is 23.8 Å². The van der Waals surface area contributed by atoms with Gasteiger partial charge in [-0.25, -0.2) is 0 Å². The van der Waals surface area contributed by atoms with Crippen molar-refractivity contribution < 1.29 is 14.3 Å². The van der Waals surface area contributed by atoms with E-state index >= 15 is 0 Å². The van der Waals surface area contributed by atoms with Crippen molar-refractivity contribution in [2.45, 2.75) is 31.3 Å². The SMILES string of the molecule is COc1ccc(C(=O)N2CCC3CCC(C2)N3)c(OC)c1. The normalized spacial score (nSPS) is 24.6. The highest BCUT2D eigenvalue weighted by Crippen LogP contribution is 2.27. The molecule has 5 nitrogen and oxygen atoms in total. The molecular weight excluding hydrogens is 268 g/mol. The Bertz CT molecular complexity index is 532. The van der Waals surface area contributed by atoms with Gasteiger partial charge in [0.15, 0.2) is 0 Å². The van der Waals surface area contributed by atoms with Gasteiger partial charge in [-0.15, -0.1) is 0 Å². The van der Waals surface area contributed by atoms with Gasteiger partial charge in [-0.3, -0.25) is 4.79 Å². The number of likely N-dealkylation sites (tertiary alicyclic amines) is 1. The summed E-state index contributed by atoms with van der Waals surface area (Å²) < 4.78 is 10.5. The molecule has 0 aliphatic carbocycles. The van der Waals surface area contributed by atoms with Crippen molar-refractivity contribution >= 4 is 5.91 Å². The van der Waals surface area contributed by atoms with Gasteiger partial charge >= 0.3 is 0 Å². The summed E-state index contributed by atoms with van der Waals surface area (Å²) in [5.41, 5.74) is 0.607. The molecule has 2 fully saturated rings. The summed E-state index contributed by atoms with van der Waals surface area (Å²) in [6, 6.07) is 6.36. The maximum Gasteiger partial charge on any atom is 0.257 e. The lowest BCUT2D eigenvalue weighted by Gasteiger charge is -2.25. The fraction of sp³-hybridized carbons (Fsp3) is 0.562. The maximum atomic E-state index is 12.8. The van der Waals surface area contributed by atoms with Crippen molar-refractivity contribution in [3.8, 4) is 11.5 Å². The number of benzene rings is 1. The van der Waals surface area contributed by atoms with E-state index in [0.717, 1.165) is 25.9 Å². The smallest absolute Gasteiger partial charge is 0.257 e. The highest BCUT2D eigenvalue weighted by molar-refractivity contribution is 5.97. The van der Waals surface area contributed by atoms with Crippen molar-refractivity contribution in [2.24, 2.45) is 0 Å². The number of nitrogens with one attached hydrogen (secondary N) is 1. The summed E-state index contributed by atoms with van der Waals surface area (Å²) >= 11 is 0. The van der Waals surface area contributed by atoms with Gasteiger partial charge in [-0.2, -0.15) is 0 Å². The second-order valence-electron chi connectivity index (χ2n) is 5.74. The van der Waals surface area contributed by atoms with Gasteiger partial charge < -0.3 is 19.7 Å². The van der Waals surface area contributed by atoms with Gasteiger partial charge in [0.05, 0.1) is 19.8 Å². The van der Waals surface area contributed by atoms with Crippen LogP contribution >= 0.6 is 0 Å². The first kappa shape index (κ1) is 14.2.